The number of rotatable bonds is 11. The van der Waals surface area contributed by atoms with E-state index >= 15 is 0 Å². The van der Waals surface area contributed by atoms with Crippen LogP contribution in [0.1, 0.15) is 31.9 Å². The highest BCUT2D eigenvalue weighted by atomic mass is 35.5. The van der Waals surface area contributed by atoms with Crippen LogP contribution in [0.5, 0.6) is 0 Å². The lowest BCUT2D eigenvalue weighted by molar-refractivity contribution is -0.139. The van der Waals surface area contributed by atoms with Crippen molar-refractivity contribution in [3.8, 4) is 0 Å². The summed E-state index contributed by atoms with van der Waals surface area (Å²) < 4.78 is 43.2. The Hall–Kier alpha value is -3.14. The molecule has 0 aromatic heterocycles. The minimum atomic E-state index is -4.27. The molecular formula is C29H32Cl2FN3O4S. The van der Waals surface area contributed by atoms with Crippen molar-refractivity contribution < 1.29 is 22.4 Å². The highest BCUT2D eigenvalue weighted by Crippen LogP contribution is 2.31. The summed E-state index contributed by atoms with van der Waals surface area (Å²) >= 11 is 12.3. The smallest absolute Gasteiger partial charge is 0.264 e. The first-order chi connectivity index (χ1) is 18.8. The highest BCUT2D eigenvalue weighted by molar-refractivity contribution is 7.92. The Labute approximate surface area is 244 Å². The van der Waals surface area contributed by atoms with Crippen molar-refractivity contribution in [3.63, 3.8) is 0 Å². The molecule has 0 fully saturated rings. The van der Waals surface area contributed by atoms with Crippen molar-refractivity contribution >= 4 is 50.7 Å². The summed E-state index contributed by atoms with van der Waals surface area (Å²) in [6, 6.07) is 15.3. The molecular weight excluding hydrogens is 576 g/mol. The number of aryl methyl sites for hydroxylation is 1. The van der Waals surface area contributed by atoms with Gasteiger partial charge in [-0.1, -0.05) is 72.9 Å². The molecule has 0 saturated carbocycles. The van der Waals surface area contributed by atoms with Crippen LogP contribution in [0.4, 0.5) is 10.1 Å². The Morgan fingerprint density at radius 2 is 1.60 bits per heavy atom. The van der Waals surface area contributed by atoms with Gasteiger partial charge in [-0.15, -0.1) is 0 Å². The summed E-state index contributed by atoms with van der Waals surface area (Å²) in [6.45, 7) is 6.65. The summed E-state index contributed by atoms with van der Waals surface area (Å²) in [7, 11) is -4.27. The lowest BCUT2D eigenvalue weighted by atomic mass is 10.1. The number of halogens is 3. The first-order valence-corrected chi connectivity index (χ1v) is 14.9. The third kappa shape index (κ3) is 7.74. The SMILES string of the molecule is Cc1ccc(S(=O)(=O)N(CC(=O)N(Cc2ccccc2F)[C@H](C)C(=O)NCC(C)C)c2ccc(Cl)c(Cl)c2)cc1. The van der Waals surface area contributed by atoms with Gasteiger partial charge in [0.05, 0.1) is 20.6 Å². The summed E-state index contributed by atoms with van der Waals surface area (Å²) in [5.41, 5.74) is 1.14. The van der Waals surface area contributed by atoms with Crippen molar-refractivity contribution in [1.29, 1.82) is 0 Å². The molecule has 40 heavy (non-hydrogen) atoms. The normalized spacial score (nSPS) is 12.2. The fourth-order valence-corrected chi connectivity index (χ4v) is 5.55. The molecule has 0 aliphatic carbocycles. The Balaban J connectivity index is 2.05. The van der Waals surface area contributed by atoms with Gasteiger partial charge in [-0.05, 0) is 56.2 Å². The van der Waals surface area contributed by atoms with Crippen LogP contribution in [0.25, 0.3) is 0 Å². The molecule has 0 aliphatic heterocycles. The molecule has 1 N–H and O–H groups in total. The van der Waals surface area contributed by atoms with Crippen LogP contribution in [0.2, 0.25) is 10.0 Å². The molecule has 0 saturated heterocycles. The van der Waals surface area contributed by atoms with Crippen LogP contribution in [0, 0.1) is 18.7 Å². The highest BCUT2D eigenvalue weighted by Gasteiger charge is 2.33. The zero-order chi connectivity index (χ0) is 29.6. The number of carbonyl (C=O) groups is 2. The van der Waals surface area contributed by atoms with E-state index in [1.807, 2.05) is 20.8 Å². The molecule has 0 unspecified atom stereocenters. The molecule has 7 nitrogen and oxygen atoms in total. The predicted octanol–water partition coefficient (Wildman–Crippen LogP) is 5.83. The number of sulfonamides is 1. The molecule has 0 heterocycles. The van der Waals surface area contributed by atoms with E-state index in [2.05, 4.69) is 5.32 Å². The molecule has 1 atom stereocenters. The maximum absolute atomic E-state index is 14.6. The fourth-order valence-electron chi connectivity index (χ4n) is 3.85. The van der Waals surface area contributed by atoms with Crippen molar-refractivity contribution in [2.24, 2.45) is 5.92 Å². The van der Waals surface area contributed by atoms with Crippen LogP contribution in [-0.2, 0) is 26.2 Å². The minimum absolute atomic E-state index is 0.0413. The average molecular weight is 609 g/mol. The van der Waals surface area contributed by atoms with Crippen molar-refractivity contribution in [2.75, 3.05) is 17.4 Å². The van der Waals surface area contributed by atoms with Gasteiger partial charge in [0, 0.05) is 18.7 Å². The van der Waals surface area contributed by atoms with Gasteiger partial charge in [0.1, 0.15) is 18.4 Å². The second-order valence-corrected chi connectivity index (χ2v) is 12.5. The molecule has 3 aromatic rings. The molecule has 2 amide bonds. The Morgan fingerprint density at radius 3 is 2.20 bits per heavy atom. The minimum Gasteiger partial charge on any atom is -0.354 e. The average Bonchev–Trinajstić information content (AvgIpc) is 2.91. The Kier molecular flexibility index (Phi) is 10.6. The Bertz CT molecular complexity index is 1470. The number of anilines is 1. The van der Waals surface area contributed by atoms with Gasteiger partial charge in [-0.3, -0.25) is 13.9 Å². The molecule has 0 radical (unpaired) electrons. The molecule has 0 bridgehead atoms. The van der Waals surface area contributed by atoms with Crippen LogP contribution in [0.3, 0.4) is 0 Å². The second kappa shape index (κ2) is 13.5. The zero-order valence-electron chi connectivity index (χ0n) is 22.7. The largest absolute Gasteiger partial charge is 0.354 e. The van der Waals surface area contributed by atoms with Crippen molar-refractivity contribution in [2.45, 2.75) is 45.2 Å². The molecule has 0 spiro atoms. The van der Waals surface area contributed by atoms with E-state index in [0.29, 0.717) is 6.54 Å². The Morgan fingerprint density at radius 1 is 0.950 bits per heavy atom. The fraction of sp³-hybridized carbons (Fsp3) is 0.310. The third-order valence-corrected chi connectivity index (χ3v) is 8.76. The van der Waals surface area contributed by atoms with Gasteiger partial charge in [-0.2, -0.15) is 0 Å². The standard InChI is InChI=1S/C29H32Cl2FN3O4S/c1-19(2)16-33-29(37)21(4)34(17-22-7-5-6-8-27(22)32)28(36)18-35(23-11-14-25(30)26(31)15-23)40(38,39)24-12-9-20(3)10-13-24/h5-15,19,21H,16-18H2,1-4H3,(H,33,37)/t21-/m1/s1. The molecule has 0 aliphatic rings. The maximum atomic E-state index is 14.6. The summed E-state index contributed by atoms with van der Waals surface area (Å²) in [4.78, 5) is 28.0. The maximum Gasteiger partial charge on any atom is 0.264 e. The quantitative estimate of drug-likeness (QED) is 0.297. The summed E-state index contributed by atoms with van der Waals surface area (Å²) in [5.74, 6) is -1.54. The van der Waals surface area contributed by atoms with Gasteiger partial charge in [0.25, 0.3) is 10.0 Å². The van der Waals surface area contributed by atoms with Gasteiger partial charge >= 0.3 is 0 Å². The molecule has 11 heteroatoms. The number of nitrogens with zero attached hydrogens (tertiary/aromatic N) is 2. The van der Waals surface area contributed by atoms with Crippen molar-refractivity contribution in [3.05, 3.63) is 93.7 Å². The van der Waals surface area contributed by atoms with Crippen molar-refractivity contribution in [1.82, 2.24) is 10.2 Å². The van der Waals surface area contributed by atoms with Gasteiger partial charge < -0.3 is 10.2 Å². The predicted molar refractivity (Wildman–Crippen MR) is 156 cm³/mol. The number of benzene rings is 3. The number of nitrogens with one attached hydrogen (secondary N) is 1. The number of hydrogen-bond donors (Lipinski definition) is 1. The summed E-state index contributed by atoms with van der Waals surface area (Å²) in [5, 5.41) is 3.09. The molecule has 3 rings (SSSR count). The van der Waals surface area contributed by atoms with Crippen LogP contribution >= 0.6 is 23.2 Å². The first kappa shape index (κ1) is 31.4. The lowest BCUT2D eigenvalue weighted by Gasteiger charge is -2.32. The van der Waals surface area contributed by atoms with Crippen LogP contribution in [0.15, 0.2) is 71.6 Å². The first-order valence-electron chi connectivity index (χ1n) is 12.7. The number of hydrogen-bond acceptors (Lipinski definition) is 4. The zero-order valence-corrected chi connectivity index (χ0v) is 25.0. The topological polar surface area (TPSA) is 86.8 Å². The number of carbonyl (C=O) groups excluding carboxylic acids is 2. The molecule has 3 aromatic carbocycles. The van der Waals surface area contributed by atoms with Gasteiger partial charge in [0.2, 0.25) is 11.8 Å². The van der Waals surface area contributed by atoms with E-state index in [4.69, 9.17) is 23.2 Å². The number of amides is 2. The van der Waals surface area contributed by atoms with Gasteiger partial charge in [-0.25, -0.2) is 12.8 Å². The van der Waals surface area contributed by atoms with E-state index in [1.165, 1.54) is 60.4 Å². The monoisotopic (exact) mass is 607 g/mol. The second-order valence-electron chi connectivity index (χ2n) is 9.85. The van der Waals surface area contributed by atoms with E-state index in [1.54, 1.807) is 18.2 Å². The third-order valence-electron chi connectivity index (χ3n) is 6.23. The van der Waals surface area contributed by atoms with E-state index in [-0.39, 0.29) is 38.7 Å². The molecule has 214 valence electrons. The van der Waals surface area contributed by atoms with Crippen LogP contribution < -0.4 is 9.62 Å². The van der Waals surface area contributed by atoms with E-state index in [0.717, 1.165) is 9.87 Å². The van der Waals surface area contributed by atoms with Crippen LogP contribution in [-0.4, -0.2) is 44.3 Å². The summed E-state index contributed by atoms with van der Waals surface area (Å²) in [6.07, 6.45) is 0. The lowest BCUT2D eigenvalue weighted by Crippen LogP contribution is -2.51. The van der Waals surface area contributed by atoms with E-state index < -0.39 is 40.2 Å². The van der Waals surface area contributed by atoms with E-state index in [9.17, 15) is 22.4 Å². The van der Waals surface area contributed by atoms with Gasteiger partial charge in [0.15, 0.2) is 0 Å².